The molecule has 0 radical (unpaired) electrons. The van der Waals surface area contributed by atoms with Crippen LogP contribution in [0.2, 0.25) is 0 Å². The van der Waals surface area contributed by atoms with Gasteiger partial charge in [0.15, 0.2) is 17.3 Å². The molecule has 0 unspecified atom stereocenters. The van der Waals surface area contributed by atoms with Gasteiger partial charge in [-0.2, -0.15) is 5.10 Å². The van der Waals surface area contributed by atoms with Gasteiger partial charge in [-0.3, -0.25) is 0 Å². The molecule has 2 aromatic heterocycles. The van der Waals surface area contributed by atoms with Gasteiger partial charge in [0.05, 0.1) is 43.1 Å². The van der Waals surface area contributed by atoms with E-state index in [1.807, 2.05) is 47.1 Å². The second-order valence-corrected chi connectivity index (χ2v) is 6.92. The van der Waals surface area contributed by atoms with Crippen LogP contribution in [0.15, 0.2) is 53.2 Å². The Balaban J connectivity index is 1.79. The maximum Gasteiger partial charge on any atom is 0.174 e. The zero-order valence-electron chi connectivity index (χ0n) is 16.2. The summed E-state index contributed by atoms with van der Waals surface area (Å²) in [6, 6.07) is 13.5. The summed E-state index contributed by atoms with van der Waals surface area (Å²) in [6.45, 7) is 0. The first-order chi connectivity index (χ1) is 14.2. The highest BCUT2D eigenvalue weighted by Gasteiger charge is 2.30. The molecule has 5 rings (SSSR count). The third kappa shape index (κ3) is 2.74. The topological polar surface area (TPSA) is 88.3 Å². The summed E-state index contributed by atoms with van der Waals surface area (Å²) in [5, 5.41) is 8.94. The highest BCUT2D eigenvalue weighted by molar-refractivity contribution is 5.85. The van der Waals surface area contributed by atoms with Crippen LogP contribution in [-0.2, 0) is 12.8 Å². The van der Waals surface area contributed by atoms with Crippen LogP contribution in [-0.4, -0.2) is 29.2 Å². The molecule has 0 bridgehead atoms. The van der Waals surface area contributed by atoms with Gasteiger partial charge in [-0.25, -0.2) is 4.68 Å². The molecule has 0 atom stereocenters. The Labute approximate surface area is 167 Å². The second kappa shape index (κ2) is 6.70. The van der Waals surface area contributed by atoms with Crippen molar-refractivity contribution in [2.24, 2.45) is 0 Å². The lowest BCUT2D eigenvalue weighted by molar-refractivity contribution is 0.355. The maximum atomic E-state index is 5.89. The molecule has 1 aliphatic carbocycles. The van der Waals surface area contributed by atoms with Crippen LogP contribution in [0.25, 0.3) is 28.3 Å². The number of rotatable bonds is 4. The number of nitrogens with two attached hydrogens (primary N) is 1. The Bertz CT molecular complexity index is 1190. The molecule has 0 fully saturated rings. The largest absolute Gasteiger partial charge is 0.493 e. The number of benzene rings is 2. The van der Waals surface area contributed by atoms with Gasteiger partial charge in [-0.1, -0.05) is 5.16 Å². The average Bonchev–Trinajstić information content (AvgIpc) is 3.38. The summed E-state index contributed by atoms with van der Waals surface area (Å²) in [6.07, 6.45) is 3.47. The van der Waals surface area contributed by atoms with Crippen molar-refractivity contribution in [3.63, 3.8) is 0 Å². The third-order valence-corrected chi connectivity index (χ3v) is 5.25. The number of aromatic nitrogens is 3. The van der Waals surface area contributed by atoms with Crippen LogP contribution in [0.4, 0.5) is 5.69 Å². The normalized spacial score (nSPS) is 12.3. The second-order valence-electron chi connectivity index (χ2n) is 6.92. The van der Waals surface area contributed by atoms with E-state index in [9.17, 15) is 0 Å². The fraction of sp³-hybridized carbons (Fsp3) is 0.182. The Morgan fingerprint density at radius 2 is 1.79 bits per heavy atom. The molecule has 2 N–H and O–H groups in total. The van der Waals surface area contributed by atoms with Gasteiger partial charge in [-0.15, -0.1) is 0 Å². The van der Waals surface area contributed by atoms with Gasteiger partial charge in [-0.05, 0) is 55.3 Å². The first-order valence-corrected chi connectivity index (χ1v) is 9.33. The third-order valence-electron chi connectivity index (χ3n) is 5.25. The van der Waals surface area contributed by atoms with Crippen molar-refractivity contribution in [2.45, 2.75) is 12.8 Å². The molecule has 0 aliphatic heterocycles. The van der Waals surface area contributed by atoms with Crippen LogP contribution in [0.1, 0.15) is 11.3 Å². The number of fused-ring (bicyclic) bond motifs is 3. The zero-order chi connectivity index (χ0) is 20.0. The lowest BCUT2D eigenvalue weighted by Crippen LogP contribution is -2.01. The molecule has 29 heavy (non-hydrogen) atoms. The quantitative estimate of drug-likeness (QED) is 0.534. The Morgan fingerprint density at radius 3 is 2.55 bits per heavy atom. The fourth-order valence-corrected chi connectivity index (χ4v) is 3.83. The van der Waals surface area contributed by atoms with Crippen molar-refractivity contribution in [1.82, 2.24) is 14.9 Å². The predicted molar refractivity (Wildman–Crippen MR) is 109 cm³/mol. The van der Waals surface area contributed by atoms with Crippen LogP contribution >= 0.6 is 0 Å². The molecular formula is C22H20N4O3. The minimum absolute atomic E-state index is 0.650. The van der Waals surface area contributed by atoms with Crippen molar-refractivity contribution in [2.75, 3.05) is 20.0 Å². The van der Waals surface area contributed by atoms with E-state index in [4.69, 9.17) is 24.8 Å². The minimum Gasteiger partial charge on any atom is -0.493 e. The Morgan fingerprint density at radius 1 is 1.00 bits per heavy atom. The fourth-order valence-electron chi connectivity index (χ4n) is 3.83. The lowest BCUT2D eigenvalue weighted by Gasteiger charge is -2.14. The molecule has 146 valence electrons. The number of ether oxygens (including phenoxy) is 2. The molecule has 0 amide bonds. The van der Waals surface area contributed by atoms with Crippen molar-refractivity contribution >= 4 is 5.69 Å². The molecule has 0 spiro atoms. The van der Waals surface area contributed by atoms with Crippen molar-refractivity contribution in [3.8, 4) is 39.8 Å². The number of nitrogen functional groups attached to an aromatic ring is 1. The molecule has 2 aromatic carbocycles. The molecule has 7 heteroatoms. The minimum atomic E-state index is 0.650. The van der Waals surface area contributed by atoms with Gasteiger partial charge in [0.1, 0.15) is 0 Å². The Kier molecular flexibility index (Phi) is 4.01. The van der Waals surface area contributed by atoms with Crippen LogP contribution in [0, 0.1) is 0 Å². The van der Waals surface area contributed by atoms with E-state index in [0.29, 0.717) is 17.2 Å². The van der Waals surface area contributed by atoms with E-state index in [-0.39, 0.29) is 0 Å². The number of hydrogen-bond donors (Lipinski definition) is 1. The van der Waals surface area contributed by atoms with E-state index in [1.54, 1.807) is 20.4 Å². The predicted octanol–water partition coefficient (Wildman–Crippen LogP) is 3.89. The summed E-state index contributed by atoms with van der Waals surface area (Å²) in [5.74, 6) is 2.10. The monoisotopic (exact) mass is 388 g/mol. The van der Waals surface area contributed by atoms with E-state index >= 15 is 0 Å². The number of aryl methyl sites for hydroxylation is 2. The molecule has 2 heterocycles. The molecule has 0 saturated heterocycles. The summed E-state index contributed by atoms with van der Waals surface area (Å²) in [4.78, 5) is 0. The zero-order valence-corrected chi connectivity index (χ0v) is 16.2. The SMILES string of the molecule is COc1ccc(-c2c3c(nn2-c2ccc(N)cc2)CCc2cnoc2-3)cc1OC. The van der Waals surface area contributed by atoms with E-state index in [0.717, 1.165) is 52.4 Å². The summed E-state index contributed by atoms with van der Waals surface area (Å²) in [5.41, 5.74) is 12.4. The molecule has 0 saturated carbocycles. The van der Waals surface area contributed by atoms with Crippen LogP contribution in [0.5, 0.6) is 11.5 Å². The lowest BCUT2D eigenvalue weighted by atomic mass is 9.92. The van der Waals surface area contributed by atoms with E-state index in [1.165, 1.54) is 0 Å². The highest BCUT2D eigenvalue weighted by Crippen LogP contribution is 2.43. The summed E-state index contributed by atoms with van der Waals surface area (Å²) < 4.78 is 18.5. The van der Waals surface area contributed by atoms with Crippen molar-refractivity contribution in [3.05, 3.63) is 59.9 Å². The number of nitrogens with zero attached hydrogens (tertiary/aromatic N) is 3. The van der Waals surface area contributed by atoms with Gasteiger partial charge in [0, 0.05) is 16.8 Å². The van der Waals surface area contributed by atoms with E-state index < -0.39 is 0 Å². The number of methoxy groups -OCH3 is 2. The standard InChI is InChI=1S/C22H20N4O3/c1-27-18-10-4-13(11-19(18)28-2)21-20-17(9-3-14-12-24-29-22(14)20)25-26(21)16-7-5-15(23)6-8-16/h4-8,10-12H,3,9,23H2,1-2H3. The van der Waals surface area contributed by atoms with Crippen LogP contribution in [0.3, 0.4) is 0 Å². The summed E-state index contributed by atoms with van der Waals surface area (Å²) >= 11 is 0. The average molecular weight is 388 g/mol. The first kappa shape index (κ1) is 17.4. The molecule has 1 aliphatic rings. The first-order valence-electron chi connectivity index (χ1n) is 9.33. The van der Waals surface area contributed by atoms with Crippen molar-refractivity contribution in [1.29, 1.82) is 0 Å². The van der Waals surface area contributed by atoms with E-state index in [2.05, 4.69) is 5.16 Å². The Hall–Kier alpha value is -3.74. The molecule has 7 nitrogen and oxygen atoms in total. The van der Waals surface area contributed by atoms with Gasteiger partial charge in [0.2, 0.25) is 0 Å². The van der Waals surface area contributed by atoms with Crippen LogP contribution < -0.4 is 15.2 Å². The van der Waals surface area contributed by atoms with Gasteiger partial charge in [0.25, 0.3) is 0 Å². The van der Waals surface area contributed by atoms with Gasteiger partial charge < -0.3 is 19.7 Å². The molecule has 4 aromatic rings. The molecular weight excluding hydrogens is 368 g/mol. The number of anilines is 1. The number of hydrogen-bond acceptors (Lipinski definition) is 6. The highest BCUT2D eigenvalue weighted by atomic mass is 16.5. The summed E-state index contributed by atoms with van der Waals surface area (Å²) in [7, 11) is 3.25. The smallest absolute Gasteiger partial charge is 0.174 e. The maximum absolute atomic E-state index is 5.89. The van der Waals surface area contributed by atoms with Gasteiger partial charge >= 0.3 is 0 Å². The van der Waals surface area contributed by atoms with Crippen molar-refractivity contribution < 1.29 is 14.0 Å².